The molecule has 7 heteroatoms. The SMILES string of the molecule is c1cn(CCNc2cc(N3CCCCC3)ncn2)nn1. The van der Waals surface area contributed by atoms with Crippen molar-refractivity contribution in [2.75, 3.05) is 29.9 Å². The molecule has 1 saturated heterocycles. The van der Waals surface area contributed by atoms with Crippen LogP contribution in [0.1, 0.15) is 19.3 Å². The molecule has 3 rings (SSSR count). The van der Waals surface area contributed by atoms with Gasteiger partial charge in [0.05, 0.1) is 12.7 Å². The van der Waals surface area contributed by atoms with Gasteiger partial charge in [-0.05, 0) is 19.3 Å². The number of piperidine rings is 1. The van der Waals surface area contributed by atoms with Crippen molar-refractivity contribution in [3.05, 3.63) is 24.8 Å². The van der Waals surface area contributed by atoms with Crippen molar-refractivity contribution in [2.24, 2.45) is 0 Å². The van der Waals surface area contributed by atoms with Crippen LogP contribution in [0.4, 0.5) is 11.6 Å². The van der Waals surface area contributed by atoms with Crippen LogP contribution in [0.25, 0.3) is 0 Å². The number of rotatable bonds is 5. The lowest BCUT2D eigenvalue weighted by Crippen LogP contribution is -2.30. The van der Waals surface area contributed by atoms with Crippen LogP contribution < -0.4 is 10.2 Å². The minimum atomic E-state index is 0.764. The third-order valence-electron chi connectivity index (χ3n) is 3.45. The second kappa shape index (κ2) is 6.31. The van der Waals surface area contributed by atoms with Gasteiger partial charge in [0.15, 0.2) is 0 Å². The molecule has 106 valence electrons. The van der Waals surface area contributed by atoms with Gasteiger partial charge in [0.2, 0.25) is 0 Å². The summed E-state index contributed by atoms with van der Waals surface area (Å²) in [5.74, 6) is 1.88. The second-order valence-electron chi connectivity index (χ2n) is 4.90. The summed E-state index contributed by atoms with van der Waals surface area (Å²) in [6.07, 6.45) is 8.98. The van der Waals surface area contributed by atoms with Crippen molar-refractivity contribution in [3.8, 4) is 0 Å². The average molecular weight is 273 g/mol. The van der Waals surface area contributed by atoms with E-state index < -0.39 is 0 Å². The number of hydrogen-bond donors (Lipinski definition) is 1. The van der Waals surface area contributed by atoms with Gasteiger partial charge in [0.25, 0.3) is 0 Å². The molecule has 0 aromatic carbocycles. The Hall–Kier alpha value is -2.18. The van der Waals surface area contributed by atoms with Gasteiger partial charge in [0.1, 0.15) is 18.0 Å². The molecule has 1 aliphatic rings. The number of anilines is 2. The van der Waals surface area contributed by atoms with Crippen molar-refractivity contribution >= 4 is 11.6 Å². The molecule has 20 heavy (non-hydrogen) atoms. The molecule has 3 heterocycles. The van der Waals surface area contributed by atoms with Gasteiger partial charge in [-0.15, -0.1) is 5.10 Å². The van der Waals surface area contributed by atoms with Crippen LogP contribution in [0.3, 0.4) is 0 Å². The predicted molar refractivity (Wildman–Crippen MR) is 76.6 cm³/mol. The molecule has 0 amide bonds. The summed E-state index contributed by atoms with van der Waals surface area (Å²) in [5.41, 5.74) is 0. The van der Waals surface area contributed by atoms with E-state index in [1.807, 2.05) is 12.3 Å². The molecule has 1 aliphatic heterocycles. The molecule has 0 bridgehead atoms. The molecular formula is C13H19N7. The first-order valence-corrected chi connectivity index (χ1v) is 7.07. The van der Waals surface area contributed by atoms with Crippen LogP contribution in [-0.2, 0) is 6.54 Å². The van der Waals surface area contributed by atoms with E-state index >= 15 is 0 Å². The van der Waals surface area contributed by atoms with E-state index in [4.69, 9.17) is 0 Å². The summed E-state index contributed by atoms with van der Waals surface area (Å²) in [6.45, 7) is 3.72. The lowest BCUT2D eigenvalue weighted by Gasteiger charge is -2.27. The van der Waals surface area contributed by atoms with E-state index in [0.717, 1.165) is 37.8 Å². The molecule has 0 aliphatic carbocycles. The number of hydrogen-bond acceptors (Lipinski definition) is 6. The Balaban J connectivity index is 1.56. The van der Waals surface area contributed by atoms with Crippen LogP contribution in [0, 0.1) is 0 Å². The van der Waals surface area contributed by atoms with Gasteiger partial charge in [-0.3, -0.25) is 4.68 Å². The van der Waals surface area contributed by atoms with Crippen molar-refractivity contribution in [1.82, 2.24) is 25.0 Å². The van der Waals surface area contributed by atoms with E-state index in [2.05, 4.69) is 30.5 Å². The largest absolute Gasteiger partial charge is 0.368 e. The van der Waals surface area contributed by atoms with Gasteiger partial charge >= 0.3 is 0 Å². The molecule has 2 aromatic heterocycles. The summed E-state index contributed by atoms with van der Waals surface area (Å²) in [7, 11) is 0. The maximum Gasteiger partial charge on any atom is 0.134 e. The van der Waals surface area contributed by atoms with Gasteiger partial charge in [0, 0.05) is 31.9 Å². The molecule has 0 atom stereocenters. The van der Waals surface area contributed by atoms with Crippen molar-refractivity contribution < 1.29 is 0 Å². The third-order valence-corrected chi connectivity index (χ3v) is 3.45. The molecule has 1 N–H and O–H groups in total. The summed E-state index contributed by atoms with van der Waals surface area (Å²) in [5, 5.41) is 11.0. The van der Waals surface area contributed by atoms with E-state index in [1.54, 1.807) is 17.2 Å². The molecule has 7 nitrogen and oxygen atoms in total. The minimum absolute atomic E-state index is 0.764. The highest BCUT2D eigenvalue weighted by Gasteiger charge is 2.12. The first kappa shape index (κ1) is 12.8. The Bertz CT molecular complexity index is 519. The second-order valence-corrected chi connectivity index (χ2v) is 4.90. The molecule has 1 fully saturated rings. The standard InChI is InChI=1S/C13H19N7/c1-2-6-19(7-3-1)13-10-12(15-11-16-13)14-4-8-20-9-5-17-18-20/h5,9-11H,1-4,6-8H2,(H,14,15,16). The summed E-state index contributed by atoms with van der Waals surface area (Å²) in [4.78, 5) is 11.0. The van der Waals surface area contributed by atoms with Crippen LogP contribution in [0.15, 0.2) is 24.8 Å². The number of nitrogens with one attached hydrogen (secondary N) is 1. The zero-order valence-electron chi connectivity index (χ0n) is 11.4. The molecule has 0 saturated carbocycles. The predicted octanol–water partition coefficient (Wildman–Crippen LogP) is 1.17. The lowest BCUT2D eigenvalue weighted by atomic mass is 10.1. The van der Waals surface area contributed by atoms with E-state index in [9.17, 15) is 0 Å². The topological polar surface area (TPSA) is 71.8 Å². The highest BCUT2D eigenvalue weighted by atomic mass is 15.4. The van der Waals surface area contributed by atoms with Gasteiger partial charge in [-0.1, -0.05) is 5.21 Å². The van der Waals surface area contributed by atoms with Crippen LogP contribution in [0.5, 0.6) is 0 Å². The Labute approximate surface area is 118 Å². The molecule has 0 spiro atoms. The van der Waals surface area contributed by atoms with E-state index in [1.165, 1.54) is 19.3 Å². The lowest BCUT2D eigenvalue weighted by molar-refractivity contribution is 0.573. The Kier molecular flexibility index (Phi) is 4.05. The highest BCUT2D eigenvalue weighted by Crippen LogP contribution is 2.18. The first-order valence-electron chi connectivity index (χ1n) is 7.07. The van der Waals surface area contributed by atoms with Crippen molar-refractivity contribution in [3.63, 3.8) is 0 Å². The molecule has 2 aromatic rings. The van der Waals surface area contributed by atoms with Gasteiger partial charge in [-0.25, -0.2) is 9.97 Å². The molecule has 0 radical (unpaired) electrons. The van der Waals surface area contributed by atoms with Crippen molar-refractivity contribution in [2.45, 2.75) is 25.8 Å². The number of nitrogens with zero attached hydrogens (tertiary/aromatic N) is 6. The normalized spacial score (nSPS) is 15.3. The van der Waals surface area contributed by atoms with Crippen LogP contribution >= 0.6 is 0 Å². The summed E-state index contributed by atoms with van der Waals surface area (Å²) in [6, 6.07) is 2.02. The minimum Gasteiger partial charge on any atom is -0.368 e. The summed E-state index contributed by atoms with van der Waals surface area (Å²) >= 11 is 0. The van der Waals surface area contributed by atoms with Gasteiger partial charge in [-0.2, -0.15) is 0 Å². The smallest absolute Gasteiger partial charge is 0.134 e. The van der Waals surface area contributed by atoms with Gasteiger partial charge < -0.3 is 10.2 Å². The maximum absolute atomic E-state index is 4.37. The maximum atomic E-state index is 4.37. The van der Waals surface area contributed by atoms with Crippen molar-refractivity contribution in [1.29, 1.82) is 0 Å². The van der Waals surface area contributed by atoms with Crippen LogP contribution in [-0.4, -0.2) is 44.6 Å². The number of aromatic nitrogens is 5. The fraction of sp³-hybridized carbons (Fsp3) is 0.538. The Morgan fingerprint density at radius 2 is 2.05 bits per heavy atom. The monoisotopic (exact) mass is 273 g/mol. The zero-order chi connectivity index (χ0) is 13.6. The Morgan fingerprint density at radius 1 is 1.15 bits per heavy atom. The quantitative estimate of drug-likeness (QED) is 0.881. The van der Waals surface area contributed by atoms with E-state index in [0.29, 0.717) is 0 Å². The first-order chi connectivity index (χ1) is 9.92. The van der Waals surface area contributed by atoms with E-state index in [-0.39, 0.29) is 0 Å². The fourth-order valence-corrected chi connectivity index (χ4v) is 2.39. The fourth-order valence-electron chi connectivity index (χ4n) is 2.39. The Morgan fingerprint density at radius 3 is 2.85 bits per heavy atom. The summed E-state index contributed by atoms with van der Waals surface area (Å²) < 4.78 is 1.79. The highest BCUT2D eigenvalue weighted by molar-refractivity contribution is 5.48. The zero-order valence-corrected chi connectivity index (χ0v) is 11.4. The van der Waals surface area contributed by atoms with Crippen LogP contribution in [0.2, 0.25) is 0 Å². The molecular weight excluding hydrogens is 254 g/mol. The molecule has 0 unspecified atom stereocenters. The third kappa shape index (κ3) is 3.23. The average Bonchev–Trinajstić information content (AvgIpc) is 3.02.